The summed E-state index contributed by atoms with van der Waals surface area (Å²) in [6, 6.07) is 6.92. The highest BCUT2D eigenvalue weighted by molar-refractivity contribution is 7.98. The van der Waals surface area contributed by atoms with Gasteiger partial charge in [0, 0.05) is 0 Å². The van der Waals surface area contributed by atoms with Gasteiger partial charge in [-0.05, 0) is 24.3 Å². The van der Waals surface area contributed by atoms with Crippen LogP contribution in [0.4, 0.5) is 5.69 Å². The van der Waals surface area contributed by atoms with E-state index < -0.39 is 5.91 Å². The molecule has 5 N–H and O–H groups in total. The lowest BCUT2D eigenvalue weighted by molar-refractivity contribution is 0.0924. The number of pyridine rings is 1. The first kappa shape index (κ1) is 12.5. The van der Waals surface area contributed by atoms with Crippen LogP contribution >= 0.6 is 11.8 Å². The number of hydrogen-bond donors (Lipinski definition) is 3. The smallest absolute Gasteiger partial charge is 0.300 e. The molecule has 0 aliphatic rings. The number of nitrogens with zero attached hydrogens (tertiary/aromatic N) is 1. The van der Waals surface area contributed by atoms with Crippen LogP contribution in [0.15, 0.2) is 39.9 Å². The van der Waals surface area contributed by atoms with Crippen molar-refractivity contribution >= 4 is 23.4 Å². The third-order valence-corrected chi connectivity index (χ3v) is 3.10. The molecule has 2 aromatic rings. The van der Waals surface area contributed by atoms with Crippen LogP contribution in [-0.2, 0) is 5.75 Å². The van der Waals surface area contributed by atoms with E-state index in [4.69, 9.17) is 16.0 Å². The molecule has 0 saturated carbocycles. The van der Waals surface area contributed by atoms with E-state index in [2.05, 4.69) is 4.98 Å². The number of nitrogen functional groups attached to an aromatic ring is 2. The van der Waals surface area contributed by atoms with E-state index in [0.717, 1.165) is 5.03 Å². The molecular formula is C11H12N4O2S. The van der Waals surface area contributed by atoms with E-state index >= 15 is 0 Å². The lowest BCUT2D eigenvalue weighted by Gasteiger charge is -1.99. The molecule has 0 fully saturated rings. The van der Waals surface area contributed by atoms with Gasteiger partial charge in [-0.2, -0.15) is 0 Å². The zero-order valence-electron chi connectivity index (χ0n) is 9.42. The maximum atomic E-state index is 11.2. The zero-order chi connectivity index (χ0) is 13.0. The number of anilines is 1. The molecule has 0 radical (unpaired) electrons. The van der Waals surface area contributed by atoms with E-state index in [1.165, 1.54) is 11.8 Å². The Bertz CT molecular complexity index is 538. The molecule has 18 heavy (non-hydrogen) atoms. The molecule has 2 aromatic heterocycles. The minimum absolute atomic E-state index is 0.193. The highest BCUT2D eigenvalue weighted by atomic mass is 32.2. The van der Waals surface area contributed by atoms with Gasteiger partial charge in [0.2, 0.25) is 0 Å². The monoisotopic (exact) mass is 264 g/mol. The van der Waals surface area contributed by atoms with E-state index in [0.29, 0.717) is 17.2 Å². The summed E-state index contributed by atoms with van der Waals surface area (Å²) >= 11 is 1.49. The number of aromatic nitrogens is 1. The Balaban J connectivity index is 1.96. The molecule has 94 valence electrons. The molecule has 0 aromatic carbocycles. The standard InChI is InChI=1S/C11H12N4O2S/c12-7-1-4-10(14-5-7)18-6-8-2-3-9(17-8)11(16)15-13/h1-5H,6,12-13H2,(H,15,16). The molecule has 2 rings (SSSR count). The maximum Gasteiger partial charge on any atom is 0.300 e. The van der Waals surface area contributed by atoms with Gasteiger partial charge in [-0.15, -0.1) is 0 Å². The van der Waals surface area contributed by atoms with Crippen LogP contribution in [0.2, 0.25) is 0 Å². The summed E-state index contributed by atoms with van der Waals surface area (Å²) in [7, 11) is 0. The number of rotatable bonds is 4. The molecule has 7 heteroatoms. The highest BCUT2D eigenvalue weighted by Crippen LogP contribution is 2.22. The third kappa shape index (κ3) is 3.02. The molecule has 0 aliphatic carbocycles. The molecule has 0 saturated heterocycles. The molecule has 1 amide bonds. The largest absolute Gasteiger partial charge is 0.455 e. The van der Waals surface area contributed by atoms with Gasteiger partial charge >= 0.3 is 5.91 Å². The first-order valence-electron chi connectivity index (χ1n) is 5.13. The van der Waals surface area contributed by atoms with Gasteiger partial charge in [0.25, 0.3) is 0 Å². The molecule has 6 nitrogen and oxygen atoms in total. The van der Waals surface area contributed by atoms with Crippen molar-refractivity contribution in [3.05, 3.63) is 42.0 Å². The van der Waals surface area contributed by atoms with Crippen molar-refractivity contribution in [1.82, 2.24) is 10.4 Å². The van der Waals surface area contributed by atoms with Crippen LogP contribution in [0.25, 0.3) is 0 Å². The number of amides is 1. The Kier molecular flexibility index (Phi) is 3.85. The molecular weight excluding hydrogens is 252 g/mol. The average molecular weight is 264 g/mol. The summed E-state index contributed by atoms with van der Waals surface area (Å²) in [5, 5.41) is 0.838. The predicted molar refractivity (Wildman–Crippen MR) is 68.6 cm³/mol. The Morgan fingerprint density at radius 2 is 2.22 bits per heavy atom. The summed E-state index contributed by atoms with van der Waals surface area (Å²) < 4.78 is 5.32. The Hall–Kier alpha value is -1.99. The fraction of sp³-hybridized carbons (Fsp3) is 0.0909. The van der Waals surface area contributed by atoms with Gasteiger partial charge in [0.05, 0.1) is 22.7 Å². The first-order valence-corrected chi connectivity index (χ1v) is 6.11. The fourth-order valence-corrected chi connectivity index (χ4v) is 2.01. The molecule has 0 spiro atoms. The van der Waals surface area contributed by atoms with Crippen molar-refractivity contribution in [2.24, 2.45) is 5.84 Å². The summed E-state index contributed by atoms with van der Waals surface area (Å²) in [5.41, 5.74) is 8.17. The molecule has 0 aliphatic heterocycles. The van der Waals surface area contributed by atoms with Gasteiger partial charge < -0.3 is 10.2 Å². The molecule has 0 unspecified atom stereocenters. The van der Waals surface area contributed by atoms with E-state index in [1.807, 2.05) is 11.5 Å². The number of furan rings is 1. The number of nitrogens with two attached hydrogens (primary N) is 2. The van der Waals surface area contributed by atoms with Gasteiger partial charge in [-0.1, -0.05) is 11.8 Å². The quantitative estimate of drug-likeness (QED) is 0.331. The summed E-state index contributed by atoms with van der Waals surface area (Å²) in [5.74, 6) is 6.01. The minimum atomic E-state index is -0.447. The number of nitrogens with one attached hydrogen (secondary N) is 1. The number of carbonyl (C=O) groups is 1. The Morgan fingerprint density at radius 1 is 1.39 bits per heavy atom. The molecule has 0 atom stereocenters. The van der Waals surface area contributed by atoms with Crippen molar-refractivity contribution in [3.63, 3.8) is 0 Å². The van der Waals surface area contributed by atoms with E-state index in [1.54, 1.807) is 24.4 Å². The van der Waals surface area contributed by atoms with Crippen LogP contribution in [0.3, 0.4) is 0 Å². The first-order chi connectivity index (χ1) is 8.69. The molecule has 2 heterocycles. The van der Waals surface area contributed by atoms with E-state index in [9.17, 15) is 4.79 Å². The highest BCUT2D eigenvalue weighted by Gasteiger charge is 2.09. The minimum Gasteiger partial charge on any atom is -0.455 e. The molecule has 0 bridgehead atoms. The number of hydrogen-bond acceptors (Lipinski definition) is 6. The van der Waals surface area contributed by atoms with Crippen molar-refractivity contribution in [2.45, 2.75) is 10.8 Å². The number of carbonyl (C=O) groups excluding carboxylic acids is 1. The second-order valence-corrected chi connectivity index (χ2v) is 4.45. The predicted octanol–water partition coefficient (Wildman–Crippen LogP) is 1.15. The van der Waals surface area contributed by atoms with Gasteiger partial charge in [0.1, 0.15) is 5.76 Å². The van der Waals surface area contributed by atoms with Gasteiger partial charge in [0.15, 0.2) is 5.76 Å². The van der Waals surface area contributed by atoms with Crippen LogP contribution < -0.4 is 17.0 Å². The number of thioether (sulfide) groups is 1. The topological polar surface area (TPSA) is 107 Å². The normalized spacial score (nSPS) is 10.3. The average Bonchev–Trinajstić information content (AvgIpc) is 2.86. The van der Waals surface area contributed by atoms with Gasteiger partial charge in [-0.3, -0.25) is 10.2 Å². The van der Waals surface area contributed by atoms with Crippen molar-refractivity contribution in [3.8, 4) is 0 Å². The summed E-state index contributed by atoms with van der Waals surface area (Å²) in [4.78, 5) is 15.3. The fourth-order valence-electron chi connectivity index (χ4n) is 1.27. The van der Waals surface area contributed by atoms with Crippen LogP contribution in [0.5, 0.6) is 0 Å². The third-order valence-electron chi connectivity index (χ3n) is 2.14. The van der Waals surface area contributed by atoms with Crippen molar-refractivity contribution in [2.75, 3.05) is 5.73 Å². The SMILES string of the molecule is NNC(=O)c1ccc(CSc2ccc(N)cn2)o1. The summed E-state index contributed by atoms with van der Waals surface area (Å²) in [6.45, 7) is 0. The van der Waals surface area contributed by atoms with Crippen molar-refractivity contribution < 1.29 is 9.21 Å². The lowest BCUT2D eigenvalue weighted by Crippen LogP contribution is -2.29. The Labute approximate surface area is 108 Å². The van der Waals surface area contributed by atoms with Crippen LogP contribution in [-0.4, -0.2) is 10.9 Å². The number of hydrazine groups is 1. The van der Waals surface area contributed by atoms with E-state index in [-0.39, 0.29) is 5.76 Å². The maximum absolute atomic E-state index is 11.2. The lowest BCUT2D eigenvalue weighted by atomic mass is 10.4. The zero-order valence-corrected chi connectivity index (χ0v) is 10.2. The van der Waals surface area contributed by atoms with Crippen LogP contribution in [0.1, 0.15) is 16.3 Å². The second kappa shape index (κ2) is 5.56. The Morgan fingerprint density at radius 3 is 2.89 bits per heavy atom. The van der Waals surface area contributed by atoms with Crippen LogP contribution in [0, 0.1) is 0 Å². The summed E-state index contributed by atoms with van der Waals surface area (Å²) in [6.07, 6.45) is 1.60. The second-order valence-electron chi connectivity index (χ2n) is 3.46. The van der Waals surface area contributed by atoms with Gasteiger partial charge in [-0.25, -0.2) is 10.8 Å². The van der Waals surface area contributed by atoms with Crippen molar-refractivity contribution in [1.29, 1.82) is 0 Å².